The summed E-state index contributed by atoms with van der Waals surface area (Å²) in [6, 6.07) is 6.85. The molecule has 3 N–H and O–H groups in total. The molecule has 0 aromatic heterocycles. The predicted molar refractivity (Wildman–Crippen MR) is 85.0 cm³/mol. The number of rotatable bonds is 5. The largest absolute Gasteiger partial charge is 0.351 e. The number of hydrogen-bond donors (Lipinski definition) is 3. The zero-order valence-electron chi connectivity index (χ0n) is 11.8. The zero-order chi connectivity index (χ0) is 14.6. The van der Waals surface area contributed by atoms with E-state index in [0.29, 0.717) is 12.2 Å². The maximum atomic E-state index is 11.8. The van der Waals surface area contributed by atoms with Gasteiger partial charge in [0.05, 0.1) is 12.3 Å². The van der Waals surface area contributed by atoms with E-state index in [-0.39, 0.29) is 24.4 Å². The van der Waals surface area contributed by atoms with Crippen molar-refractivity contribution in [2.75, 3.05) is 17.5 Å². The van der Waals surface area contributed by atoms with Crippen LogP contribution in [0.4, 0.5) is 5.69 Å². The first-order chi connectivity index (χ1) is 9.44. The topological polar surface area (TPSA) is 87.3 Å². The Morgan fingerprint density at radius 2 is 2.00 bits per heavy atom. The molecule has 0 radical (unpaired) electrons. The molecule has 0 bridgehead atoms. The van der Waals surface area contributed by atoms with Crippen LogP contribution in [0.25, 0.3) is 0 Å². The molecule has 1 aliphatic heterocycles. The van der Waals surface area contributed by atoms with Crippen LogP contribution in [0, 0.1) is 0 Å². The van der Waals surface area contributed by atoms with Gasteiger partial charge in [-0.25, -0.2) is 8.42 Å². The lowest BCUT2D eigenvalue weighted by Crippen LogP contribution is -2.39. The number of sulfonamides is 1. The monoisotopic (exact) mass is 333 g/mol. The smallest absolute Gasteiger partial charge is 0.237 e. The van der Waals surface area contributed by atoms with Gasteiger partial charge in [0, 0.05) is 12.2 Å². The molecule has 1 amide bonds. The first-order valence-corrected chi connectivity index (χ1v) is 8.41. The average Bonchev–Trinajstić information content (AvgIpc) is 2.89. The lowest BCUT2D eigenvalue weighted by atomic mass is 10.2. The first kappa shape index (κ1) is 17.7. The van der Waals surface area contributed by atoms with Gasteiger partial charge in [-0.05, 0) is 37.1 Å². The van der Waals surface area contributed by atoms with Crippen LogP contribution >= 0.6 is 12.4 Å². The fourth-order valence-electron chi connectivity index (χ4n) is 2.13. The molecule has 6 nitrogen and oxygen atoms in total. The van der Waals surface area contributed by atoms with Gasteiger partial charge in [0.15, 0.2) is 0 Å². The fourth-order valence-corrected chi connectivity index (χ4v) is 2.69. The predicted octanol–water partition coefficient (Wildman–Crippen LogP) is 0.848. The van der Waals surface area contributed by atoms with Crippen LogP contribution < -0.4 is 15.4 Å². The van der Waals surface area contributed by atoms with Crippen LogP contribution in [0.2, 0.25) is 0 Å². The van der Waals surface area contributed by atoms with Gasteiger partial charge in [-0.3, -0.25) is 9.52 Å². The molecule has 1 atom stereocenters. The molecule has 118 valence electrons. The Kier molecular flexibility index (Phi) is 6.44. The third-order valence-corrected chi connectivity index (χ3v) is 3.71. The van der Waals surface area contributed by atoms with Crippen LogP contribution in [0.1, 0.15) is 18.4 Å². The number of hydrogen-bond acceptors (Lipinski definition) is 4. The second-order valence-corrected chi connectivity index (χ2v) is 6.69. The standard InChI is InChI=1S/C13H19N3O3S.ClH/c1-20(18,19)16-11-6-4-10(5-7-11)9-15-13(17)12-3-2-8-14-12;/h4-7,12,14,16H,2-3,8-9H2,1H3,(H,15,17);1H. The second-order valence-electron chi connectivity index (χ2n) is 4.94. The van der Waals surface area contributed by atoms with Crippen molar-refractivity contribution in [2.45, 2.75) is 25.4 Å². The third-order valence-electron chi connectivity index (χ3n) is 3.10. The molecule has 1 saturated heterocycles. The normalized spacial score (nSPS) is 17.9. The molecule has 1 heterocycles. The molecule has 0 spiro atoms. The lowest BCUT2D eigenvalue weighted by molar-refractivity contribution is -0.122. The second kappa shape index (κ2) is 7.63. The van der Waals surface area contributed by atoms with Gasteiger partial charge in [-0.2, -0.15) is 0 Å². The molecule has 0 aliphatic carbocycles. The maximum Gasteiger partial charge on any atom is 0.237 e. The van der Waals surface area contributed by atoms with Gasteiger partial charge < -0.3 is 10.6 Å². The highest BCUT2D eigenvalue weighted by molar-refractivity contribution is 7.92. The molecule has 1 aliphatic rings. The Balaban J connectivity index is 0.00000220. The Morgan fingerprint density at radius 3 is 2.52 bits per heavy atom. The number of carbonyl (C=O) groups is 1. The van der Waals surface area contributed by atoms with Crippen molar-refractivity contribution in [1.82, 2.24) is 10.6 Å². The summed E-state index contributed by atoms with van der Waals surface area (Å²) in [5.74, 6) is 0.0147. The summed E-state index contributed by atoms with van der Waals surface area (Å²) in [7, 11) is -3.25. The maximum absolute atomic E-state index is 11.8. The van der Waals surface area contributed by atoms with E-state index in [1.807, 2.05) is 0 Å². The first-order valence-electron chi connectivity index (χ1n) is 6.52. The quantitative estimate of drug-likeness (QED) is 0.745. The summed E-state index contributed by atoms with van der Waals surface area (Å²) in [5.41, 5.74) is 1.44. The number of carbonyl (C=O) groups excluding carboxylic acids is 1. The molecule has 1 fully saturated rings. The number of nitrogens with one attached hydrogen (secondary N) is 3. The van der Waals surface area contributed by atoms with Crippen molar-refractivity contribution in [1.29, 1.82) is 0 Å². The highest BCUT2D eigenvalue weighted by Crippen LogP contribution is 2.11. The summed E-state index contributed by atoms with van der Waals surface area (Å²) >= 11 is 0. The van der Waals surface area contributed by atoms with Crippen LogP contribution in [-0.2, 0) is 21.4 Å². The molecule has 1 aromatic carbocycles. The SMILES string of the molecule is CS(=O)(=O)Nc1ccc(CNC(=O)C2CCCN2)cc1.Cl. The molecular weight excluding hydrogens is 314 g/mol. The molecular formula is C13H20ClN3O3S. The van der Waals surface area contributed by atoms with E-state index in [2.05, 4.69) is 15.4 Å². The summed E-state index contributed by atoms with van der Waals surface area (Å²) in [5, 5.41) is 6.01. The average molecular weight is 334 g/mol. The molecule has 1 unspecified atom stereocenters. The number of halogens is 1. The van der Waals surface area contributed by atoms with Crippen LogP contribution in [-0.4, -0.2) is 33.2 Å². The molecule has 0 saturated carbocycles. The van der Waals surface area contributed by atoms with Gasteiger partial charge in [0.1, 0.15) is 0 Å². The van der Waals surface area contributed by atoms with Crippen molar-refractivity contribution in [3.63, 3.8) is 0 Å². The zero-order valence-corrected chi connectivity index (χ0v) is 13.4. The number of benzene rings is 1. The van der Waals surface area contributed by atoms with Crippen LogP contribution in [0.5, 0.6) is 0 Å². The van der Waals surface area contributed by atoms with Gasteiger partial charge >= 0.3 is 0 Å². The highest BCUT2D eigenvalue weighted by Gasteiger charge is 2.21. The van der Waals surface area contributed by atoms with E-state index in [1.165, 1.54) is 0 Å². The van der Waals surface area contributed by atoms with E-state index in [4.69, 9.17) is 0 Å². The molecule has 1 aromatic rings. The Labute approximate surface area is 131 Å². The summed E-state index contributed by atoms with van der Waals surface area (Å²) in [4.78, 5) is 11.8. The molecule has 21 heavy (non-hydrogen) atoms. The minimum Gasteiger partial charge on any atom is -0.351 e. The molecule has 8 heteroatoms. The van der Waals surface area contributed by atoms with Crippen molar-refractivity contribution < 1.29 is 13.2 Å². The van der Waals surface area contributed by atoms with E-state index >= 15 is 0 Å². The highest BCUT2D eigenvalue weighted by atomic mass is 35.5. The van der Waals surface area contributed by atoms with E-state index in [0.717, 1.165) is 31.2 Å². The minimum absolute atomic E-state index is 0. The van der Waals surface area contributed by atoms with E-state index in [9.17, 15) is 13.2 Å². The minimum atomic E-state index is -3.25. The van der Waals surface area contributed by atoms with Crippen molar-refractivity contribution in [3.05, 3.63) is 29.8 Å². The van der Waals surface area contributed by atoms with Crippen molar-refractivity contribution in [2.24, 2.45) is 0 Å². The fraction of sp³-hybridized carbons (Fsp3) is 0.462. The van der Waals surface area contributed by atoms with E-state index in [1.54, 1.807) is 24.3 Å². The van der Waals surface area contributed by atoms with Crippen molar-refractivity contribution in [3.8, 4) is 0 Å². The number of anilines is 1. The van der Waals surface area contributed by atoms with Gasteiger partial charge in [0.2, 0.25) is 15.9 Å². The van der Waals surface area contributed by atoms with E-state index < -0.39 is 10.0 Å². The third kappa shape index (κ3) is 5.91. The van der Waals surface area contributed by atoms with Gasteiger partial charge in [0.25, 0.3) is 0 Å². The summed E-state index contributed by atoms with van der Waals surface area (Å²) in [6.07, 6.45) is 3.02. The van der Waals surface area contributed by atoms with Crippen LogP contribution in [0.3, 0.4) is 0 Å². The van der Waals surface area contributed by atoms with Crippen molar-refractivity contribution >= 4 is 34.0 Å². The lowest BCUT2D eigenvalue weighted by Gasteiger charge is -2.11. The Hall–Kier alpha value is -1.31. The van der Waals surface area contributed by atoms with Gasteiger partial charge in [-0.15, -0.1) is 12.4 Å². The summed E-state index contributed by atoms with van der Waals surface area (Å²) in [6.45, 7) is 1.33. The Morgan fingerprint density at radius 1 is 1.33 bits per heavy atom. The Bertz CT molecular complexity index is 569. The van der Waals surface area contributed by atoms with Gasteiger partial charge in [-0.1, -0.05) is 12.1 Å². The van der Waals surface area contributed by atoms with Crippen LogP contribution in [0.15, 0.2) is 24.3 Å². The summed E-state index contributed by atoms with van der Waals surface area (Å²) < 4.78 is 24.5. The number of amides is 1. The molecule has 2 rings (SSSR count).